The van der Waals surface area contributed by atoms with Crippen LogP contribution in [0.15, 0.2) is 0 Å². The summed E-state index contributed by atoms with van der Waals surface area (Å²) in [6, 6.07) is 2.17. The summed E-state index contributed by atoms with van der Waals surface area (Å²) in [6.07, 6.45) is 0.296. The maximum atomic E-state index is 10.6. The lowest BCUT2D eigenvalue weighted by Gasteiger charge is -2.22. The highest BCUT2D eigenvalue weighted by Gasteiger charge is 2.28. The Morgan fingerprint density at radius 1 is 1.50 bits per heavy atom. The molecule has 3 nitrogen and oxygen atoms in total. The molecule has 0 heterocycles. The van der Waals surface area contributed by atoms with Gasteiger partial charge < -0.3 is 5.11 Å². The van der Waals surface area contributed by atoms with Crippen LogP contribution >= 0.6 is 35.7 Å². The minimum Gasteiger partial charge on any atom is -0.481 e. The number of hydrogen-bond acceptors (Lipinski definition) is 5. The van der Waals surface area contributed by atoms with E-state index in [0.717, 1.165) is 0 Å². The summed E-state index contributed by atoms with van der Waals surface area (Å²) in [5.41, 5.74) is 0. The summed E-state index contributed by atoms with van der Waals surface area (Å²) in [5.74, 6) is -0.368. The fourth-order valence-corrected chi connectivity index (χ4v) is 4.37. The Labute approximate surface area is 123 Å². The van der Waals surface area contributed by atoms with E-state index in [1.807, 2.05) is 0 Å². The van der Waals surface area contributed by atoms with Gasteiger partial charge in [-0.25, -0.2) is 0 Å². The number of hydrogen-bond donors (Lipinski definition) is 1. The molecule has 0 rings (SSSR count). The van der Waals surface area contributed by atoms with Crippen LogP contribution in [0.25, 0.3) is 0 Å². The monoisotopic (exact) mass is 305 g/mol. The Bertz CT molecular complexity index is 352. The lowest BCUT2D eigenvalue weighted by molar-refractivity contribution is -0.137. The first-order chi connectivity index (χ1) is 8.20. The standard InChI is InChI=1S/C12H19NO2S3/c1-8(2)9(3)17-11(16)18-12(4,7-13)6-5-10(14)15/h8-9H,5-6H2,1-4H3,(H,14,15). The average Bonchev–Trinajstić information content (AvgIpc) is 2.26. The molecule has 2 atom stereocenters. The van der Waals surface area contributed by atoms with Crippen molar-refractivity contribution >= 4 is 45.2 Å². The van der Waals surface area contributed by atoms with Gasteiger partial charge in [-0.2, -0.15) is 5.26 Å². The number of thioether (sulfide) groups is 2. The zero-order chi connectivity index (χ0) is 14.3. The van der Waals surface area contributed by atoms with Crippen molar-refractivity contribution in [1.29, 1.82) is 5.26 Å². The zero-order valence-corrected chi connectivity index (χ0v) is 13.5. The molecule has 0 aromatic heterocycles. The zero-order valence-electron chi connectivity index (χ0n) is 11.1. The third-order valence-electron chi connectivity index (χ3n) is 2.58. The Morgan fingerprint density at radius 2 is 2.06 bits per heavy atom. The highest BCUT2D eigenvalue weighted by atomic mass is 32.2. The second kappa shape index (κ2) is 8.03. The van der Waals surface area contributed by atoms with Gasteiger partial charge in [0.15, 0.2) is 0 Å². The predicted octanol–water partition coefficient (Wildman–Crippen LogP) is 3.93. The number of carboxylic acids is 1. The van der Waals surface area contributed by atoms with Crippen molar-refractivity contribution < 1.29 is 9.90 Å². The van der Waals surface area contributed by atoms with Gasteiger partial charge in [0.1, 0.15) is 8.28 Å². The normalized spacial score (nSPS) is 15.8. The quantitative estimate of drug-likeness (QED) is 0.750. The van der Waals surface area contributed by atoms with Gasteiger partial charge in [-0.3, -0.25) is 4.79 Å². The average molecular weight is 305 g/mol. The third kappa shape index (κ3) is 7.24. The molecule has 18 heavy (non-hydrogen) atoms. The summed E-state index contributed by atoms with van der Waals surface area (Å²) in [4.78, 5) is 10.6. The maximum Gasteiger partial charge on any atom is 0.303 e. The minimum atomic E-state index is -0.883. The smallest absolute Gasteiger partial charge is 0.303 e. The van der Waals surface area contributed by atoms with E-state index in [1.54, 1.807) is 18.7 Å². The number of carboxylic acid groups (broad SMARTS) is 1. The van der Waals surface area contributed by atoms with E-state index in [1.165, 1.54) is 11.8 Å². The number of carbonyl (C=O) groups is 1. The molecule has 0 aromatic carbocycles. The lowest BCUT2D eigenvalue weighted by atomic mass is 10.1. The van der Waals surface area contributed by atoms with Gasteiger partial charge in [0.2, 0.25) is 0 Å². The molecule has 0 aliphatic carbocycles. The van der Waals surface area contributed by atoms with Crippen LogP contribution in [0.4, 0.5) is 0 Å². The highest BCUT2D eigenvalue weighted by molar-refractivity contribution is 8.47. The second-order valence-electron chi connectivity index (χ2n) is 4.66. The molecule has 0 bridgehead atoms. The number of nitriles is 1. The first kappa shape index (κ1) is 17.8. The summed E-state index contributed by atoms with van der Waals surface area (Å²) >= 11 is 8.16. The predicted molar refractivity (Wildman–Crippen MR) is 83.0 cm³/mol. The van der Waals surface area contributed by atoms with Gasteiger partial charge in [-0.05, 0) is 19.3 Å². The summed E-state index contributed by atoms with van der Waals surface area (Å²) < 4.78 is -0.0373. The molecule has 0 fully saturated rings. The van der Waals surface area contributed by atoms with Crippen molar-refractivity contribution in [3.05, 3.63) is 0 Å². The number of aliphatic carboxylic acids is 1. The molecule has 0 spiro atoms. The molecule has 0 radical (unpaired) electrons. The van der Waals surface area contributed by atoms with E-state index in [-0.39, 0.29) is 6.42 Å². The first-order valence-electron chi connectivity index (χ1n) is 5.73. The van der Waals surface area contributed by atoms with Crippen LogP contribution in [0.5, 0.6) is 0 Å². The molecule has 102 valence electrons. The minimum absolute atomic E-state index is 0.00985. The Balaban J connectivity index is 4.40. The largest absolute Gasteiger partial charge is 0.481 e. The van der Waals surface area contributed by atoms with Crippen LogP contribution in [0.3, 0.4) is 0 Å². The molecule has 1 N–H and O–H groups in total. The second-order valence-corrected chi connectivity index (χ2v) is 8.74. The summed E-state index contributed by atoms with van der Waals surface area (Å²) in [7, 11) is 0. The van der Waals surface area contributed by atoms with Crippen molar-refractivity contribution in [3.8, 4) is 6.07 Å². The lowest BCUT2D eigenvalue weighted by Crippen LogP contribution is -2.21. The number of rotatable bonds is 6. The summed E-state index contributed by atoms with van der Waals surface area (Å²) in [6.45, 7) is 8.09. The first-order valence-corrected chi connectivity index (χ1v) is 7.83. The molecule has 0 amide bonds. The van der Waals surface area contributed by atoms with Crippen LogP contribution in [-0.2, 0) is 4.79 Å². The maximum absolute atomic E-state index is 10.6. The van der Waals surface area contributed by atoms with E-state index < -0.39 is 10.7 Å². The van der Waals surface area contributed by atoms with Crippen molar-refractivity contribution in [1.82, 2.24) is 0 Å². The molecule has 0 saturated heterocycles. The summed E-state index contributed by atoms with van der Waals surface area (Å²) in [5, 5.41) is 18.2. The molecule has 0 aromatic rings. The van der Waals surface area contributed by atoms with Crippen molar-refractivity contribution in [2.24, 2.45) is 5.92 Å². The van der Waals surface area contributed by atoms with E-state index in [2.05, 4.69) is 26.8 Å². The Morgan fingerprint density at radius 3 is 2.44 bits per heavy atom. The van der Waals surface area contributed by atoms with E-state index in [9.17, 15) is 4.79 Å². The van der Waals surface area contributed by atoms with Gasteiger partial charge in [-0.1, -0.05) is 44.8 Å². The van der Waals surface area contributed by atoms with Gasteiger partial charge in [0.05, 0.1) is 6.07 Å². The van der Waals surface area contributed by atoms with Gasteiger partial charge >= 0.3 is 5.97 Å². The van der Waals surface area contributed by atoms with E-state index in [0.29, 0.717) is 21.1 Å². The van der Waals surface area contributed by atoms with Gasteiger partial charge in [-0.15, -0.1) is 11.8 Å². The topological polar surface area (TPSA) is 61.1 Å². The molecule has 2 unspecified atom stereocenters. The molecule has 0 aliphatic rings. The SMILES string of the molecule is CC(C)C(C)SC(=S)SC(C)(C#N)CCC(=O)O. The van der Waals surface area contributed by atoms with Crippen molar-refractivity contribution in [2.45, 2.75) is 50.5 Å². The van der Waals surface area contributed by atoms with Crippen LogP contribution in [0.1, 0.15) is 40.5 Å². The van der Waals surface area contributed by atoms with Crippen LogP contribution in [-0.4, -0.2) is 24.6 Å². The fourth-order valence-electron chi connectivity index (χ4n) is 0.971. The molecule has 0 aliphatic heterocycles. The Kier molecular flexibility index (Phi) is 7.92. The van der Waals surface area contributed by atoms with E-state index >= 15 is 0 Å². The third-order valence-corrected chi connectivity index (χ3v) is 5.68. The number of thiocarbonyl (C=S) groups is 1. The molecular formula is C12H19NO2S3. The van der Waals surface area contributed by atoms with Gasteiger partial charge in [0, 0.05) is 11.7 Å². The van der Waals surface area contributed by atoms with Crippen molar-refractivity contribution in [2.75, 3.05) is 0 Å². The van der Waals surface area contributed by atoms with Crippen LogP contribution in [0.2, 0.25) is 0 Å². The van der Waals surface area contributed by atoms with Crippen LogP contribution in [0, 0.1) is 17.2 Å². The highest BCUT2D eigenvalue weighted by Crippen LogP contribution is 2.36. The number of nitrogens with zero attached hydrogens (tertiary/aromatic N) is 1. The molecule has 6 heteroatoms. The Hall–Kier alpha value is -0.250. The molecular weight excluding hydrogens is 286 g/mol. The molecule has 0 saturated carbocycles. The van der Waals surface area contributed by atoms with Crippen LogP contribution < -0.4 is 0 Å². The van der Waals surface area contributed by atoms with E-state index in [4.69, 9.17) is 22.6 Å². The van der Waals surface area contributed by atoms with Crippen molar-refractivity contribution in [3.63, 3.8) is 0 Å². The fraction of sp³-hybridized carbons (Fsp3) is 0.750. The van der Waals surface area contributed by atoms with Gasteiger partial charge in [0.25, 0.3) is 0 Å².